The number of benzene rings is 1. The van der Waals surface area contributed by atoms with Gasteiger partial charge < -0.3 is 10.5 Å². The fourth-order valence-corrected chi connectivity index (χ4v) is 0.983. The van der Waals surface area contributed by atoms with E-state index >= 15 is 0 Å². The van der Waals surface area contributed by atoms with Crippen LogP contribution in [0.5, 0.6) is 5.75 Å². The maximum Gasteiger partial charge on any atom is 0.229 e. The van der Waals surface area contributed by atoms with E-state index in [1.165, 1.54) is 0 Å². The summed E-state index contributed by atoms with van der Waals surface area (Å²) in [7, 11) is 1.60. The van der Waals surface area contributed by atoms with Crippen LogP contribution in [0.15, 0.2) is 24.3 Å². The van der Waals surface area contributed by atoms with Crippen LogP contribution in [0.3, 0.4) is 0 Å². The summed E-state index contributed by atoms with van der Waals surface area (Å²) in [5.41, 5.74) is 5.96. The first kappa shape index (κ1) is 9.58. The van der Waals surface area contributed by atoms with Crippen molar-refractivity contribution in [2.45, 2.75) is 6.92 Å². The molecule has 0 atom stereocenters. The molecule has 0 saturated carbocycles. The SMILES string of the molecule is COc1ccc([C](C)C(N)=O)cc1. The Bertz CT molecular complexity index is 292. The highest BCUT2D eigenvalue weighted by Crippen LogP contribution is 2.17. The van der Waals surface area contributed by atoms with Gasteiger partial charge in [0.1, 0.15) is 5.75 Å². The molecule has 0 bridgehead atoms. The summed E-state index contributed by atoms with van der Waals surface area (Å²) in [6.07, 6.45) is 0. The van der Waals surface area contributed by atoms with E-state index in [2.05, 4.69) is 0 Å². The number of ether oxygens (including phenoxy) is 1. The van der Waals surface area contributed by atoms with Gasteiger partial charge in [-0.25, -0.2) is 0 Å². The van der Waals surface area contributed by atoms with Crippen molar-refractivity contribution in [3.05, 3.63) is 35.7 Å². The van der Waals surface area contributed by atoms with Gasteiger partial charge in [-0.2, -0.15) is 0 Å². The predicted octanol–water partition coefficient (Wildman–Crippen LogP) is 1.12. The molecule has 3 heteroatoms. The maximum atomic E-state index is 10.8. The summed E-state index contributed by atoms with van der Waals surface area (Å²) in [6.45, 7) is 1.70. The van der Waals surface area contributed by atoms with Gasteiger partial charge in [-0.1, -0.05) is 12.1 Å². The lowest BCUT2D eigenvalue weighted by atomic mass is 10.0. The first-order chi connectivity index (χ1) is 6.15. The minimum atomic E-state index is -0.398. The third kappa shape index (κ3) is 2.21. The molecular formula is C10H12NO2. The number of amides is 1. The highest BCUT2D eigenvalue weighted by atomic mass is 16.5. The van der Waals surface area contributed by atoms with Crippen LogP contribution in [0.2, 0.25) is 0 Å². The van der Waals surface area contributed by atoms with Crippen molar-refractivity contribution in [1.29, 1.82) is 0 Å². The molecule has 1 aromatic carbocycles. The van der Waals surface area contributed by atoms with Gasteiger partial charge in [-0.05, 0) is 24.6 Å². The number of methoxy groups -OCH3 is 1. The third-order valence-electron chi connectivity index (χ3n) is 1.89. The summed E-state index contributed by atoms with van der Waals surface area (Å²) >= 11 is 0. The Morgan fingerprint density at radius 3 is 2.23 bits per heavy atom. The van der Waals surface area contributed by atoms with Crippen molar-refractivity contribution in [3.8, 4) is 5.75 Å². The molecule has 2 N–H and O–H groups in total. The van der Waals surface area contributed by atoms with Crippen LogP contribution in [0.1, 0.15) is 12.5 Å². The molecule has 1 aromatic rings. The number of hydrogen-bond acceptors (Lipinski definition) is 2. The largest absolute Gasteiger partial charge is 0.497 e. The number of hydrogen-bond donors (Lipinski definition) is 1. The van der Waals surface area contributed by atoms with Gasteiger partial charge in [0.2, 0.25) is 5.91 Å². The minimum absolute atomic E-state index is 0.398. The van der Waals surface area contributed by atoms with E-state index in [4.69, 9.17) is 10.5 Å². The van der Waals surface area contributed by atoms with E-state index in [9.17, 15) is 4.79 Å². The van der Waals surface area contributed by atoms with Crippen LogP contribution in [0, 0.1) is 5.92 Å². The van der Waals surface area contributed by atoms with E-state index in [0.29, 0.717) is 5.92 Å². The fourth-order valence-electron chi connectivity index (χ4n) is 0.983. The molecule has 0 aromatic heterocycles. The van der Waals surface area contributed by atoms with Gasteiger partial charge in [0.15, 0.2) is 0 Å². The number of nitrogens with two attached hydrogens (primary N) is 1. The normalized spacial score (nSPS) is 10.1. The molecule has 0 spiro atoms. The Hall–Kier alpha value is -1.51. The van der Waals surface area contributed by atoms with Crippen LogP contribution in [-0.4, -0.2) is 13.0 Å². The lowest BCUT2D eigenvalue weighted by molar-refractivity contribution is -0.115. The van der Waals surface area contributed by atoms with Gasteiger partial charge in [0.25, 0.3) is 0 Å². The quantitative estimate of drug-likeness (QED) is 0.754. The predicted molar refractivity (Wildman–Crippen MR) is 50.2 cm³/mol. The van der Waals surface area contributed by atoms with Crippen LogP contribution < -0.4 is 10.5 Å². The van der Waals surface area contributed by atoms with Crippen molar-refractivity contribution in [2.75, 3.05) is 7.11 Å². The number of carbonyl (C=O) groups excluding carboxylic acids is 1. The van der Waals surface area contributed by atoms with E-state index in [0.717, 1.165) is 11.3 Å². The number of carbonyl (C=O) groups is 1. The summed E-state index contributed by atoms with van der Waals surface area (Å²) in [5, 5.41) is 0. The lowest BCUT2D eigenvalue weighted by Crippen LogP contribution is -2.19. The third-order valence-corrected chi connectivity index (χ3v) is 1.89. The van der Waals surface area contributed by atoms with Crippen molar-refractivity contribution in [1.82, 2.24) is 0 Å². The Morgan fingerprint density at radius 2 is 1.85 bits per heavy atom. The Labute approximate surface area is 77.5 Å². The highest BCUT2D eigenvalue weighted by molar-refractivity contribution is 5.92. The van der Waals surface area contributed by atoms with Gasteiger partial charge in [0, 0.05) is 0 Å². The first-order valence-electron chi connectivity index (χ1n) is 3.93. The molecule has 1 amide bonds. The van der Waals surface area contributed by atoms with Gasteiger partial charge >= 0.3 is 0 Å². The molecule has 0 aliphatic carbocycles. The number of primary amides is 1. The van der Waals surface area contributed by atoms with Crippen LogP contribution in [-0.2, 0) is 4.79 Å². The van der Waals surface area contributed by atoms with Crippen molar-refractivity contribution >= 4 is 5.91 Å². The molecular weight excluding hydrogens is 166 g/mol. The van der Waals surface area contributed by atoms with Crippen LogP contribution >= 0.6 is 0 Å². The standard InChI is InChI=1S/C10H12NO2/c1-7(10(11)12)8-3-5-9(13-2)6-4-8/h3-6H,1-2H3,(H2,11,12). The maximum absolute atomic E-state index is 10.8. The molecule has 1 rings (SSSR count). The monoisotopic (exact) mass is 178 g/mol. The van der Waals surface area contributed by atoms with Crippen LogP contribution in [0.4, 0.5) is 0 Å². The second kappa shape index (κ2) is 3.94. The highest BCUT2D eigenvalue weighted by Gasteiger charge is 2.11. The Kier molecular flexibility index (Phi) is 2.90. The lowest BCUT2D eigenvalue weighted by Gasteiger charge is -2.06. The summed E-state index contributed by atoms with van der Waals surface area (Å²) in [6, 6.07) is 7.20. The topological polar surface area (TPSA) is 52.3 Å². The van der Waals surface area contributed by atoms with Crippen molar-refractivity contribution in [2.24, 2.45) is 5.73 Å². The molecule has 0 heterocycles. The zero-order valence-corrected chi connectivity index (χ0v) is 7.70. The average molecular weight is 178 g/mol. The second-order valence-corrected chi connectivity index (χ2v) is 2.72. The van der Waals surface area contributed by atoms with E-state index < -0.39 is 5.91 Å². The van der Waals surface area contributed by atoms with E-state index in [1.54, 1.807) is 38.3 Å². The minimum Gasteiger partial charge on any atom is -0.497 e. The Morgan fingerprint density at radius 1 is 1.31 bits per heavy atom. The summed E-state index contributed by atoms with van der Waals surface area (Å²) in [5.74, 6) is 0.925. The van der Waals surface area contributed by atoms with Crippen molar-refractivity contribution < 1.29 is 9.53 Å². The van der Waals surface area contributed by atoms with Gasteiger partial charge in [-0.3, -0.25) is 4.79 Å². The smallest absolute Gasteiger partial charge is 0.229 e. The number of rotatable bonds is 3. The first-order valence-corrected chi connectivity index (χ1v) is 3.93. The van der Waals surface area contributed by atoms with Gasteiger partial charge in [0.05, 0.1) is 13.0 Å². The molecule has 0 aliphatic rings. The second-order valence-electron chi connectivity index (χ2n) is 2.72. The summed E-state index contributed by atoms with van der Waals surface area (Å²) < 4.78 is 4.98. The zero-order chi connectivity index (χ0) is 9.84. The molecule has 0 unspecified atom stereocenters. The zero-order valence-electron chi connectivity index (χ0n) is 7.70. The molecule has 13 heavy (non-hydrogen) atoms. The molecule has 1 radical (unpaired) electrons. The molecule has 69 valence electrons. The molecule has 0 fully saturated rings. The van der Waals surface area contributed by atoms with Crippen LogP contribution in [0.25, 0.3) is 0 Å². The Balaban J connectivity index is 2.85. The summed E-state index contributed by atoms with van der Waals surface area (Å²) in [4.78, 5) is 10.8. The van der Waals surface area contributed by atoms with E-state index in [-0.39, 0.29) is 0 Å². The van der Waals surface area contributed by atoms with Gasteiger partial charge in [-0.15, -0.1) is 0 Å². The molecule has 3 nitrogen and oxygen atoms in total. The molecule has 0 aliphatic heterocycles. The van der Waals surface area contributed by atoms with E-state index in [1.807, 2.05) is 0 Å². The average Bonchev–Trinajstić information content (AvgIpc) is 2.17. The van der Waals surface area contributed by atoms with Crippen molar-refractivity contribution in [3.63, 3.8) is 0 Å². The molecule has 0 saturated heterocycles. The fraction of sp³-hybridized carbons (Fsp3) is 0.200.